The first-order valence-corrected chi connectivity index (χ1v) is 11.6. The number of nitrogens with zero attached hydrogens (tertiary/aromatic N) is 4. The topological polar surface area (TPSA) is 115 Å². The highest BCUT2D eigenvalue weighted by Crippen LogP contribution is 2.28. The fourth-order valence-corrected chi connectivity index (χ4v) is 4.51. The Morgan fingerprint density at radius 1 is 1.09 bits per heavy atom. The Balaban J connectivity index is 1.49. The monoisotopic (exact) mass is 504 g/mol. The molecule has 0 radical (unpaired) electrons. The molecule has 9 nitrogen and oxygen atoms in total. The molecule has 5 rings (SSSR count). The molecule has 11 heteroatoms. The lowest BCUT2D eigenvalue weighted by Gasteiger charge is -2.13. The summed E-state index contributed by atoms with van der Waals surface area (Å²) < 4.78 is 3.62. The van der Waals surface area contributed by atoms with Crippen molar-refractivity contribution in [3.63, 3.8) is 0 Å². The highest BCUT2D eigenvalue weighted by atomic mass is 35.5. The van der Waals surface area contributed by atoms with E-state index < -0.39 is 0 Å². The minimum atomic E-state index is -0.258. The molecule has 5 aromatic rings. The second-order valence-corrected chi connectivity index (χ2v) is 9.21. The molecule has 0 bridgehead atoms. The normalized spacial score (nSPS) is 10.9. The van der Waals surface area contributed by atoms with Crippen molar-refractivity contribution in [1.29, 1.82) is 0 Å². The zero-order valence-corrected chi connectivity index (χ0v) is 19.6. The van der Waals surface area contributed by atoms with Crippen LogP contribution in [-0.4, -0.2) is 30.5 Å². The van der Waals surface area contributed by atoms with Gasteiger partial charge in [-0.3, -0.25) is 19.0 Å². The summed E-state index contributed by atoms with van der Waals surface area (Å²) in [7, 11) is 0. The highest BCUT2D eigenvalue weighted by molar-refractivity contribution is 7.17. The smallest absolute Gasteiger partial charge is 0.261 e. The maximum absolute atomic E-state index is 12.3. The minimum Gasteiger partial charge on any atom is -0.346 e. The maximum atomic E-state index is 12.3. The molecule has 35 heavy (non-hydrogen) atoms. The fourth-order valence-electron chi connectivity index (χ4n) is 3.55. The number of pyridine rings is 2. The quantitative estimate of drug-likeness (QED) is 0.368. The lowest BCUT2D eigenvalue weighted by molar-refractivity contribution is 0.0954. The summed E-state index contributed by atoms with van der Waals surface area (Å²) in [6, 6.07) is 16.9. The van der Waals surface area contributed by atoms with Crippen molar-refractivity contribution >= 4 is 28.8 Å². The maximum Gasteiger partial charge on any atom is 0.261 e. The summed E-state index contributed by atoms with van der Waals surface area (Å²) in [6.07, 6.45) is 4.93. The van der Waals surface area contributed by atoms with Gasteiger partial charge in [0.1, 0.15) is 5.69 Å². The van der Waals surface area contributed by atoms with Crippen LogP contribution in [0.3, 0.4) is 0 Å². The molecule has 0 spiro atoms. The molecule has 1 aromatic carbocycles. The molecule has 174 valence electrons. The van der Waals surface area contributed by atoms with Crippen molar-refractivity contribution in [2.24, 2.45) is 0 Å². The fraction of sp³-hybridized carbons (Fsp3) is 0.0417. The second-order valence-electron chi connectivity index (χ2n) is 7.49. The number of carbonyl (C=O) groups excluding carboxylic acids is 1. The first kappa shape index (κ1) is 22.5. The highest BCUT2D eigenvalue weighted by Gasteiger charge is 2.14. The molecule has 1 amide bonds. The summed E-state index contributed by atoms with van der Waals surface area (Å²) in [4.78, 5) is 39.8. The van der Waals surface area contributed by atoms with Gasteiger partial charge in [0, 0.05) is 35.8 Å². The summed E-state index contributed by atoms with van der Waals surface area (Å²) in [5, 5.41) is 11.2. The van der Waals surface area contributed by atoms with Crippen molar-refractivity contribution in [2.75, 3.05) is 0 Å². The number of rotatable bonds is 6. The van der Waals surface area contributed by atoms with Gasteiger partial charge >= 0.3 is 0 Å². The number of nitrogens with one attached hydrogen (secondary N) is 2. The van der Waals surface area contributed by atoms with Crippen LogP contribution in [0.2, 0.25) is 4.34 Å². The van der Waals surface area contributed by atoms with Gasteiger partial charge in [-0.1, -0.05) is 22.9 Å². The molecule has 0 atom stereocenters. The summed E-state index contributed by atoms with van der Waals surface area (Å²) >= 11 is 7.09. The Hall–Kier alpha value is -4.28. The van der Waals surface area contributed by atoms with Gasteiger partial charge in [-0.25, -0.2) is 4.68 Å². The zero-order valence-electron chi connectivity index (χ0n) is 18.0. The van der Waals surface area contributed by atoms with Gasteiger partial charge in [-0.05, 0) is 48.0 Å². The molecule has 0 fully saturated rings. The number of hydrogen-bond acceptors (Lipinski definition) is 6. The number of aromatic nitrogens is 5. The first-order chi connectivity index (χ1) is 17.0. The van der Waals surface area contributed by atoms with Gasteiger partial charge in [-0.2, -0.15) is 0 Å². The van der Waals surface area contributed by atoms with Gasteiger partial charge in [0.05, 0.1) is 27.6 Å². The molecule has 4 aromatic heterocycles. The lowest BCUT2D eigenvalue weighted by Crippen LogP contribution is -2.21. The summed E-state index contributed by atoms with van der Waals surface area (Å²) in [5.74, 6) is -0.252. The average Bonchev–Trinajstić information content (AvgIpc) is 3.52. The van der Waals surface area contributed by atoms with E-state index in [1.165, 1.54) is 28.0 Å². The van der Waals surface area contributed by atoms with Crippen LogP contribution in [0.25, 0.3) is 22.5 Å². The van der Waals surface area contributed by atoms with Gasteiger partial charge in [0.15, 0.2) is 0 Å². The third-order valence-corrected chi connectivity index (χ3v) is 6.41. The van der Waals surface area contributed by atoms with Crippen LogP contribution in [0, 0.1) is 0 Å². The predicted octanol–water partition coefficient (Wildman–Crippen LogP) is 3.42. The number of aromatic amines is 1. The molecule has 0 aliphatic carbocycles. The number of hydrogen-bond donors (Lipinski definition) is 2. The Kier molecular flexibility index (Phi) is 6.13. The Morgan fingerprint density at radius 3 is 2.74 bits per heavy atom. The van der Waals surface area contributed by atoms with Crippen LogP contribution < -0.4 is 16.4 Å². The average molecular weight is 505 g/mol. The molecule has 0 saturated heterocycles. The van der Waals surface area contributed by atoms with Crippen LogP contribution in [0.5, 0.6) is 0 Å². The largest absolute Gasteiger partial charge is 0.346 e. The number of benzene rings is 1. The van der Waals surface area contributed by atoms with E-state index in [0.717, 1.165) is 0 Å². The van der Waals surface area contributed by atoms with Crippen molar-refractivity contribution in [1.82, 2.24) is 29.9 Å². The van der Waals surface area contributed by atoms with Gasteiger partial charge in [-0.15, -0.1) is 16.4 Å². The summed E-state index contributed by atoms with van der Waals surface area (Å²) in [5.41, 5.74) is 2.72. The van der Waals surface area contributed by atoms with Crippen LogP contribution in [-0.2, 0) is 6.54 Å². The van der Waals surface area contributed by atoms with E-state index in [4.69, 9.17) is 11.6 Å². The molecule has 0 aliphatic rings. The first-order valence-electron chi connectivity index (χ1n) is 10.4. The summed E-state index contributed by atoms with van der Waals surface area (Å²) in [6.45, 7) is 0.173. The molecule has 0 unspecified atom stereocenters. The van der Waals surface area contributed by atoms with Crippen LogP contribution >= 0.6 is 22.9 Å². The Labute approximate surface area is 207 Å². The second kappa shape index (κ2) is 9.53. The molecular formula is C24H17ClN6O3S. The SMILES string of the molecule is O=C(NCc1cn(-c2ccc(-n3ccccc3=O)cc2-c2cc[nH]c(=O)c2)nn1)c1ccc(Cl)s1. The zero-order chi connectivity index (χ0) is 24.4. The van der Waals surface area contributed by atoms with E-state index in [0.29, 0.717) is 37.4 Å². The van der Waals surface area contributed by atoms with Gasteiger partial charge in [0.25, 0.3) is 11.5 Å². The molecule has 2 N–H and O–H groups in total. The number of H-pyrrole nitrogens is 1. The number of thiophene rings is 1. The van der Waals surface area contributed by atoms with E-state index in [-0.39, 0.29) is 23.6 Å². The van der Waals surface area contributed by atoms with Crippen molar-refractivity contribution in [3.8, 4) is 22.5 Å². The molecule has 4 heterocycles. The Bertz CT molecular complexity index is 1650. The standard InChI is InChI=1S/C24H17ClN6O3S/c25-21-7-6-20(35-21)24(34)27-13-16-14-31(29-28-16)19-5-4-17(30-10-2-1-3-23(30)33)12-18(19)15-8-9-26-22(32)11-15/h1-12,14H,13H2,(H,26,32)(H,27,34). The third kappa shape index (κ3) is 4.84. The van der Waals surface area contributed by atoms with E-state index >= 15 is 0 Å². The minimum absolute atomic E-state index is 0.173. The van der Waals surface area contributed by atoms with Crippen LogP contribution in [0.15, 0.2) is 88.8 Å². The lowest BCUT2D eigenvalue weighted by atomic mass is 10.0. The van der Waals surface area contributed by atoms with Crippen LogP contribution in [0.1, 0.15) is 15.4 Å². The van der Waals surface area contributed by atoms with Crippen molar-refractivity contribution in [2.45, 2.75) is 6.54 Å². The third-order valence-electron chi connectivity index (χ3n) is 5.18. The number of carbonyl (C=O) groups is 1. The Morgan fingerprint density at radius 2 is 1.97 bits per heavy atom. The van der Waals surface area contributed by atoms with E-state index in [9.17, 15) is 14.4 Å². The van der Waals surface area contributed by atoms with E-state index in [2.05, 4.69) is 20.6 Å². The molecular weight excluding hydrogens is 488 g/mol. The van der Waals surface area contributed by atoms with Gasteiger partial charge < -0.3 is 10.3 Å². The van der Waals surface area contributed by atoms with Crippen LogP contribution in [0.4, 0.5) is 0 Å². The van der Waals surface area contributed by atoms with Crippen molar-refractivity contribution < 1.29 is 4.79 Å². The molecule has 0 saturated carbocycles. The van der Waals surface area contributed by atoms with Gasteiger partial charge in [0.2, 0.25) is 5.56 Å². The van der Waals surface area contributed by atoms with E-state index in [1.807, 2.05) is 6.07 Å². The molecule has 0 aliphatic heterocycles. The predicted molar refractivity (Wildman–Crippen MR) is 134 cm³/mol. The number of amides is 1. The number of halogens is 1. The van der Waals surface area contributed by atoms with Crippen molar-refractivity contribution in [3.05, 3.63) is 115 Å². The van der Waals surface area contributed by atoms with E-state index in [1.54, 1.807) is 65.7 Å².